The highest BCUT2D eigenvalue weighted by Gasteiger charge is 2.13. The van der Waals surface area contributed by atoms with E-state index in [1.54, 1.807) is 10.6 Å². The Morgan fingerprint density at radius 1 is 1.23 bits per heavy atom. The number of carbonyl (C=O) groups is 1. The zero-order chi connectivity index (χ0) is 16.1. The van der Waals surface area contributed by atoms with Gasteiger partial charge in [-0.05, 0) is 37.1 Å². The minimum absolute atomic E-state index is 0.0286. The molecule has 0 amide bonds. The Morgan fingerprint density at radius 2 is 1.91 bits per heavy atom. The van der Waals surface area contributed by atoms with Gasteiger partial charge in [0.15, 0.2) is 0 Å². The Kier molecular flexibility index (Phi) is 4.94. The normalized spacial score (nSPS) is 12.5. The van der Waals surface area contributed by atoms with Crippen molar-refractivity contribution in [1.29, 1.82) is 0 Å². The fourth-order valence-corrected chi connectivity index (χ4v) is 2.32. The molecule has 2 aromatic rings. The van der Waals surface area contributed by atoms with E-state index in [0.717, 1.165) is 23.8 Å². The third-order valence-corrected chi connectivity index (χ3v) is 3.65. The predicted octanol–water partition coefficient (Wildman–Crippen LogP) is 3.58. The molecule has 1 atom stereocenters. The lowest BCUT2D eigenvalue weighted by molar-refractivity contribution is -0.131. The Labute approximate surface area is 129 Å². The lowest BCUT2D eigenvalue weighted by Crippen LogP contribution is -2.26. The largest absolute Gasteiger partial charge is 0.478 e. The molecule has 4 heteroatoms. The van der Waals surface area contributed by atoms with Crippen LogP contribution in [-0.4, -0.2) is 15.6 Å². The van der Waals surface area contributed by atoms with Crippen LogP contribution in [0.1, 0.15) is 31.9 Å². The maximum atomic E-state index is 12.7. The number of aromatic nitrogens is 1. The van der Waals surface area contributed by atoms with Crippen LogP contribution in [-0.2, 0) is 4.79 Å². The zero-order valence-electron chi connectivity index (χ0n) is 12.7. The van der Waals surface area contributed by atoms with Crippen LogP contribution in [0.5, 0.6) is 0 Å². The molecular weight excluding hydrogens is 278 g/mol. The van der Waals surface area contributed by atoms with Crippen molar-refractivity contribution in [3.63, 3.8) is 0 Å². The minimum atomic E-state index is -1.07. The first-order valence-corrected chi connectivity index (χ1v) is 7.26. The van der Waals surface area contributed by atoms with E-state index in [1.165, 1.54) is 6.08 Å². The van der Waals surface area contributed by atoms with Crippen LogP contribution in [0.3, 0.4) is 0 Å². The standard InChI is InChI=1S/C18H19NO3/c1-3-13(2)19-16(14-7-5-4-6-8-14)11-9-15(18(19)22)10-12-17(20)21/h4-13H,3H2,1-2H3,(H,20,21)/b12-10+. The highest BCUT2D eigenvalue weighted by Crippen LogP contribution is 2.22. The summed E-state index contributed by atoms with van der Waals surface area (Å²) < 4.78 is 1.73. The van der Waals surface area contributed by atoms with Crippen molar-refractivity contribution >= 4 is 12.0 Å². The van der Waals surface area contributed by atoms with E-state index in [1.807, 2.05) is 50.2 Å². The molecule has 1 aromatic heterocycles. The van der Waals surface area contributed by atoms with Crippen molar-refractivity contribution in [3.8, 4) is 11.3 Å². The number of benzene rings is 1. The third kappa shape index (κ3) is 3.34. The van der Waals surface area contributed by atoms with Gasteiger partial charge < -0.3 is 9.67 Å². The van der Waals surface area contributed by atoms with Gasteiger partial charge in [-0.1, -0.05) is 37.3 Å². The minimum Gasteiger partial charge on any atom is -0.478 e. The van der Waals surface area contributed by atoms with Crippen LogP contribution < -0.4 is 5.56 Å². The van der Waals surface area contributed by atoms with E-state index in [-0.39, 0.29) is 11.6 Å². The van der Waals surface area contributed by atoms with E-state index >= 15 is 0 Å². The maximum absolute atomic E-state index is 12.7. The van der Waals surface area contributed by atoms with Gasteiger partial charge in [-0.15, -0.1) is 0 Å². The monoisotopic (exact) mass is 297 g/mol. The van der Waals surface area contributed by atoms with Gasteiger partial charge in [-0.25, -0.2) is 4.79 Å². The average molecular weight is 297 g/mol. The summed E-state index contributed by atoms with van der Waals surface area (Å²) in [6.45, 7) is 4.00. The molecule has 0 saturated heterocycles. The summed E-state index contributed by atoms with van der Waals surface area (Å²) in [4.78, 5) is 23.3. The van der Waals surface area contributed by atoms with Crippen molar-refractivity contribution < 1.29 is 9.90 Å². The summed E-state index contributed by atoms with van der Waals surface area (Å²) >= 11 is 0. The van der Waals surface area contributed by atoms with E-state index in [9.17, 15) is 9.59 Å². The predicted molar refractivity (Wildman–Crippen MR) is 87.8 cm³/mol. The Balaban J connectivity index is 2.64. The number of pyridine rings is 1. The molecule has 0 aliphatic carbocycles. The molecule has 1 N–H and O–H groups in total. The number of hydrogen-bond donors (Lipinski definition) is 1. The SMILES string of the molecule is CCC(C)n1c(-c2ccccc2)ccc(/C=C/C(=O)O)c1=O. The molecular formula is C18H19NO3. The van der Waals surface area contributed by atoms with Gasteiger partial charge in [0.1, 0.15) is 0 Å². The molecule has 0 saturated carbocycles. The summed E-state index contributed by atoms with van der Waals surface area (Å²) in [5, 5.41) is 8.73. The fourth-order valence-electron chi connectivity index (χ4n) is 2.32. The van der Waals surface area contributed by atoms with Crippen LogP contribution in [0, 0.1) is 0 Å². The van der Waals surface area contributed by atoms with Gasteiger partial charge in [-0.3, -0.25) is 4.79 Å². The smallest absolute Gasteiger partial charge is 0.328 e. The highest BCUT2D eigenvalue weighted by atomic mass is 16.4. The second kappa shape index (κ2) is 6.89. The summed E-state index contributed by atoms with van der Waals surface area (Å²) in [5.74, 6) is -1.07. The Morgan fingerprint density at radius 3 is 2.50 bits per heavy atom. The van der Waals surface area contributed by atoms with Crippen molar-refractivity contribution in [2.24, 2.45) is 0 Å². The van der Waals surface area contributed by atoms with Gasteiger partial charge in [0, 0.05) is 17.7 Å². The summed E-state index contributed by atoms with van der Waals surface area (Å²) in [6.07, 6.45) is 3.14. The highest BCUT2D eigenvalue weighted by molar-refractivity contribution is 5.85. The molecule has 0 aliphatic rings. The van der Waals surface area contributed by atoms with E-state index in [4.69, 9.17) is 5.11 Å². The molecule has 0 bridgehead atoms. The molecule has 0 radical (unpaired) electrons. The molecule has 0 fully saturated rings. The van der Waals surface area contributed by atoms with Gasteiger partial charge in [-0.2, -0.15) is 0 Å². The maximum Gasteiger partial charge on any atom is 0.328 e. The first-order valence-electron chi connectivity index (χ1n) is 7.26. The average Bonchev–Trinajstić information content (AvgIpc) is 2.53. The van der Waals surface area contributed by atoms with Gasteiger partial charge in [0.05, 0.1) is 5.69 Å². The zero-order valence-corrected chi connectivity index (χ0v) is 12.7. The van der Waals surface area contributed by atoms with E-state index < -0.39 is 5.97 Å². The number of rotatable bonds is 5. The van der Waals surface area contributed by atoms with Gasteiger partial charge in [0.2, 0.25) is 0 Å². The molecule has 2 rings (SSSR count). The Bertz CT molecular complexity index is 745. The molecule has 114 valence electrons. The molecule has 1 heterocycles. The molecule has 1 aromatic carbocycles. The molecule has 0 spiro atoms. The number of hydrogen-bond acceptors (Lipinski definition) is 2. The van der Waals surface area contributed by atoms with Crippen molar-refractivity contribution in [2.75, 3.05) is 0 Å². The van der Waals surface area contributed by atoms with Crippen LogP contribution in [0.25, 0.3) is 17.3 Å². The fraction of sp³-hybridized carbons (Fsp3) is 0.222. The molecule has 0 aliphatic heterocycles. The first kappa shape index (κ1) is 15.8. The molecule has 22 heavy (non-hydrogen) atoms. The number of carboxylic acid groups (broad SMARTS) is 1. The Hall–Kier alpha value is -2.62. The lowest BCUT2D eigenvalue weighted by Gasteiger charge is -2.19. The van der Waals surface area contributed by atoms with Gasteiger partial charge >= 0.3 is 5.97 Å². The van der Waals surface area contributed by atoms with E-state index in [0.29, 0.717) is 5.56 Å². The summed E-state index contributed by atoms with van der Waals surface area (Å²) in [5.41, 5.74) is 2.01. The van der Waals surface area contributed by atoms with Crippen LogP contribution in [0.15, 0.2) is 53.3 Å². The lowest BCUT2D eigenvalue weighted by atomic mass is 10.1. The van der Waals surface area contributed by atoms with E-state index in [2.05, 4.69) is 0 Å². The number of aliphatic carboxylic acids is 1. The quantitative estimate of drug-likeness (QED) is 0.858. The first-order chi connectivity index (χ1) is 10.5. The van der Waals surface area contributed by atoms with Crippen LogP contribution >= 0.6 is 0 Å². The van der Waals surface area contributed by atoms with Crippen molar-refractivity contribution in [3.05, 3.63) is 64.5 Å². The van der Waals surface area contributed by atoms with Gasteiger partial charge in [0.25, 0.3) is 5.56 Å². The molecule has 4 nitrogen and oxygen atoms in total. The van der Waals surface area contributed by atoms with Crippen LogP contribution in [0.2, 0.25) is 0 Å². The van der Waals surface area contributed by atoms with Crippen LogP contribution in [0.4, 0.5) is 0 Å². The second-order valence-corrected chi connectivity index (χ2v) is 5.14. The van der Waals surface area contributed by atoms with Crippen molar-refractivity contribution in [1.82, 2.24) is 4.57 Å². The summed E-state index contributed by atoms with van der Waals surface area (Å²) in [6, 6.07) is 13.3. The second-order valence-electron chi connectivity index (χ2n) is 5.14. The number of nitrogens with zero attached hydrogens (tertiary/aromatic N) is 1. The number of carboxylic acids is 1. The molecule has 1 unspecified atom stereocenters. The topological polar surface area (TPSA) is 59.3 Å². The summed E-state index contributed by atoms with van der Waals surface area (Å²) in [7, 11) is 0. The van der Waals surface area contributed by atoms with Crippen molar-refractivity contribution in [2.45, 2.75) is 26.3 Å². The third-order valence-electron chi connectivity index (χ3n) is 3.65.